The van der Waals surface area contributed by atoms with Gasteiger partial charge in [0.05, 0.1) is 0 Å². The zero-order valence-corrected chi connectivity index (χ0v) is 12.3. The Bertz CT molecular complexity index is 491. The van der Waals surface area contributed by atoms with Gasteiger partial charge in [0.25, 0.3) is 0 Å². The van der Waals surface area contributed by atoms with E-state index in [0.29, 0.717) is 0 Å². The van der Waals surface area contributed by atoms with E-state index in [-0.39, 0.29) is 0 Å². The van der Waals surface area contributed by atoms with Crippen LogP contribution < -0.4 is 0 Å². The van der Waals surface area contributed by atoms with Gasteiger partial charge in [-0.2, -0.15) is 0 Å². The summed E-state index contributed by atoms with van der Waals surface area (Å²) in [6, 6.07) is 17.9. The first-order valence-electron chi connectivity index (χ1n) is 7.41. The van der Waals surface area contributed by atoms with E-state index in [1.165, 1.54) is 35.1 Å². The Hall–Kier alpha value is -1.56. The molecule has 0 spiro atoms. The lowest BCUT2D eigenvalue weighted by Gasteiger charge is -2.09. The molecule has 2 aromatic rings. The lowest BCUT2D eigenvalue weighted by atomic mass is 9.96. The molecule has 19 heavy (non-hydrogen) atoms. The third-order valence-corrected chi connectivity index (χ3v) is 3.93. The van der Waals surface area contributed by atoms with Gasteiger partial charge in [-0.05, 0) is 41.0 Å². The molecule has 0 amide bonds. The summed E-state index contributed by atoms with van der Waals surface area (Å²) in [5.74, 6) is 0.773. The van der Waals surface area contributed by atoms with Gasteiger partial charge in [0.15, 0.2) is 0 Å². The summed E-state index contributed by atoms with van der Waals surface area (Å²) in [4.78, 5) is 0. The number of rotatable bonds is 5. The average Bonchev–Trinajstić information content (AvgIpc) is 2.48. The van der Waals surface area contributed by atoms with Crippen LogP contribution in [0.5, 0.6) is 0 Å². The third-order valence-electron chi connectivity index (χ3n) is 3.93. The number of hydrogen-bond donors (Lipinski definition) is 0. The van der Waals surface area contributed by atoms with Crippen molar-refractivity contribution >= 4 is 0 Å². The molecule has 1 atom stereocenters. The summed E-state index contributed by atoms with van der Waals surface area (Å²) in [7, 11) is 0. The molecule has 0 radical (unpaired) electrons. The highest BCUT2D eigenvalue weighted by Gasteiger charge is 2.02. The maximum atomic E-state index is 2.32. The van der Waals surface area contributed by atoms with Crippen molar-refractivity contribution in [2.75, 3.05) is 0 Å². The Balaban J connectivity index is 2.12. The normalized spacial score (nSPS) is 12.4. The van der Waals surface area contributed by atoms with Crippen molar-refractivity contribution in [3.63, 3.8) is 0 Å². The van der Waals surface area contributed by atoms with Gasteiger partial charge in [-0.3, -0.25) is 0 Å². The molecule has 100 valence electrons. The monoisotopic (exact) mass is 252 g/mol. The van der Waals surface area contributed by atoms with Crippen molar-refractivity contribution in [1.29, 1.82) is 0 Å². The molecule has 2 rings (SSSR count). The molecule has 0 bridgehead atoms. The fourth-order valence-electron chi connectivity index (χ4n) is 2.31. The standard InChI is InChI=1S/C19H24/c1-4-15(3)14-17-8-12-19(13-9-17)18-10-6-16(5-2)7-11-18/h6-13,15H,4-5,14H2,1-3H3. The Morgan fingerprint density at radius 3 is 1.63 bits per heavy atom. The summed E-state index contributed by atoms with van der Waals surface area (Å²) in [5, 5.41) is 0. The summed E-state index contributed by atoms with van der Waals surface area (Å²) < 4.78 is 0. The summed E-state index contributed by atoms with van der Waals surface area (Å²) >= 11 is 0. The van der Waals surface area contributed by atoms with Crippen molar-refractivity contribution in [2.45, 2.75) is 40.0 Å². The van der Waals surface area contributed by atoms with Crippen molar-refractivity contribution in [2.24, 2.45) is 5.92 Å². The minimum Gasteiger partial charge on any atom is -0.0651 e. The molecule has 0 saturated carbocycles. The third kappa shape index (κ3) is 3.70. The van der Waals surface area contributed by atoms with Crippen LogP contribution in [0.15, 0.2) is 48.5 Å². The highest BCUT2D eigenvalue weighted by atomic mass is 14.1. The van der Waals surface area contributed by atoms with Crippen LogP contribution in [0.4, 0.5) is 0 Å². The van der Waals surface area contributed by atoms with Crippen LogP contribution >= 0.6 is 0 Å². The lowest BCUT2D eigenvalue weighted by Crippen LogP contribution is -1.97. The maximum Gasteiger partial charge on any atom is -0.0184 e. The van der Waals surface area contributed by atoms with Crippen LogP contribution in [0, 0.1) is 5.92 Å². The Morgan fingerprint density at radius 2 is 1.21 bits per heavy atom. The van der Waals surface area contributed by atoms with Crippen LogP contribution in [-0.4, -0.2) is 0 Å². The molecule has 0 N–H and O–H groups in total. The van der Waals surface area contributed by atoms with Crippen molar-refractivity contribution in [3.05, 3.63) is 59.7 Å². The molecular formula is C19H24. The SMILES string of the molecule is CCc1ccc(-c2ccc(CC(C)CC)cc2)cc1. The fourth-order valence-corrected chi connectivity index (χ4v) is 2.31. The highest BCUT2D eigenvalue weighted by Crippen LogP contribution is 2.21. The molecule has 0 saturated heterocycles. The molecule has 0 nitrogen and oxygen atoms in total. The Morgan fingerprint density at radius 1 is 0.737 bits per heavy atom. The van der Waals surface area contributed by atoms with E-state index in [1.807, 2.05) is 0 Å². The van der Waals surface area contributed by atoms with E-state index in [4.69, 9.17) is 0 Å². The number of aryl methyl sites for hydroxylation is 1. The second-order valence-corrected chi connectivity index (χ2v) is 5.46. The smallest absolute Gasteiger partial charge is 0.0184 e. The van der Waals surface area contributed by atoms with Gasteiger partial charge in [-0.25, -0.2) is 0 Å². The molecule has 0 aliphatic heterocycles. The molecule has 0 aliphatic carbocycles. The van der Waals surface area contributed by atoms with E-state index >= 15 is 0 Å². The predicted molar refractivity (Wildman–Crippen MR) is 84.4 cm³/mol. The van der Waals surface area contributed by atoms with Crippen LogP contribution in [0.3, 0.4) is 0 Å². The molecule has 0 aliphatic rings. The van der Waals surface area contributed by atoms with E-state index in [1.54, 1.807) is 0 Å². The van der Waals surface area contributed by atoms with Gasteiger partial charge >= 0.3 is 0 Å². The van der Waals surface area contributed by atoms with Crippen LogP contribution in [0.1, 0.15) is 38.3 Å². The maximum absolute atomic E-state index is 2.32. The van der Waals surface area contributed by atoms with Gasteiger partial charge in [0, 0.05) is 0 Å². The van der Waals surface area contributed by atoms with E-state index < -0.39 is 0 Å². The number of hydrogen-bond acceptors (Lipinski definition) is 0. The molecule has 2 aromatic carbocycles. The molecule has 0 heteroatoms. The van der Waals surface area contributed by atoms with E-state index in [9.17, 15) is 0 Å². The van der Waals surface area contributed by atoms with Gasteiger partial charge in [-0.1, -0.05) is 75.7 Å². The molecule has 1 unspecified atom stereocenters. The van der Waals surface area contributed by atoms with Crippen LogP contribution in [0.2, 0.25) is 0 Å². The summed E-state index contributed by atoms with van der Waals surface area (Å²) in [6.07, 6.45) is 3.54. The van der Waals surface area contributed by atoms with E-state index in [0.717, 1.165) is 12.3 Å². The zero-order valence-electron chi connectivity index (χ0n) is 12.3. The second kappa shape index (κ2) is 6.56. The minimum absolute atomic E-state index is 0.773. The first-order valence-corrected chi connectivity index (χ1v) is 7.41. The Labute approximate surface area is 117 Å². The zero-order chi connectivity index (χ0) is 13.7. The quantitative estimate of drug-likeness (QED) is 0.658. The lowest BCUT2D eigenvalue weighted by molar-refractivity contribution is 0.560. The van der Waals surface area contributed by atoms with Gasteiger partial charge < -0.3 is 0 Å². The molecule has 0 heterocycles. The number of benzene rings is 2. The largest absolute Gasteiger partial charge is 0.0651 e. The van der Waals surface area contributed by atoms with Crippen molar-refractivity contribution < 1.29 is 0 Å². The molecule has 0 fully saturated rings. The van der Waals surface area contributed by atoms with Gasteiger partial charge in [0.1, 0.15) is 0 Å². The van der Waals surface area contributed by atoms with Gasteiger partial charge in [-0.15, -0.1) is 0 Å². The topological polar surface area (TPSA) is 0 Å². The predicted octanol–water partition coefficient (Wildman–Crippen LogP) is 5.50. The average molecular weight is 252 g/mol. The van der Waals surface area contributed by atoms with Crippen molar-refractivity contribution in [3.8, 4) is 11.1 Å². The minimum atomic E-state index is 0.773. The van der Waals surface area contributed by atoms with Gasteiger partial charge in [0.2, 0.25) is 0 Å². The Kier molecular flexibility index (Phi) is 4.79. The van der Waals surface area contributed by atoms with Crippen molar-refractivity contribution in [1.82, 2.24) is 0 Å². The second-order valence-electron chi connectivity index (χ2n) is 5.46. The summed E-state index contributed by atoms with van der Waals surface area (Å²) in [5.41, 5.74) is 5.48. The molecule has 0 aromatic heterocycles. The summed E-state index contributed by atoms with van der Waals surface area (Å²) in [6.45, 7) is 6.77. The fraction of sp³-hybridized carbons (Fsp3) is 0.368. The van der Waals surface area contributed by atoms with E-state index in [2.05, 4.69) is 69.3 Å². The van der Waals surface area contributed by atoms with Crippen LogP contribution in [-0.2, 0) is 12.8 Å². The first-order chi connectivity index (χ1) is 9.22. The van der Waals surface area contributed by atoms with Crippen LogP contribution in [0.25, 0.3) is 11.1 Å². The highest BCUT2D eigenvalue weighted by molar-refractivity contribution is 5.63. The molecular weight excluding hydrogens is 228 g/mol. The first kappa shape index (κ1) is 13.9.